The highest BCUT2D eigenvalue weighted by Gasteiger charge is 2.34. The van der Waals surface area contributed by atoms with Gasteiger partial charge in [0.15, 0.2) is 0 Å². The number of benzene rings is 4. The number of amides is 1. The van der Waals surface area contributed by atoms with Crippen LogP contribution in [0.5, 0.6) is 5.75 Å². The lowest BCUT2D eigenvalue weighted by molar-refractivity contribution is -0.113. The predicted molar refractivity (Wildman–Crippen MR) is 177 cm³/mol. The Labute approximate surface area is 266 Å². The molecule has 0 spiro atoms. The number of carbonyl (C=O) groups is 1. The van der Waals surface area contributed by atoms with E-state index in [1.165, 1.54) is 5.56 Å². The number of anilines is 2. The van der Waals surface area contributed by atoms with E-state index < -0.39 is 6.04 Å². The first-order valence-electron chi connectivity index (χ1n) is 14.3. The number of rotatable bonds is 9. The molecular weight excluding hydrogens is 590 g/mol. The van der Waals surface area contributed by atoms with Gasteiger partial charge in [0.05, 0.1) is 5.57 Å². The number of hydrogen-bond acceptors (Lipinski definition) is 6. The molecule has 7 nitrogen and oxygen atoms in total. The van der Waals surface area contributed by atoms with Gasteiger partial charge in [-0.3, -0.25) is 4.79 Å². The third kappa shape index (κ3) is 6.51. The minimum atomic E-state index is -0.500. The van der Waals surface area contributed by atoms with Crippen LogP contribution in [0.25, 0.3) is 0 Å². The SMILES string of the molecule is CC1=C(C(=O)Nc2cccc(C)c2C)C(c2ccc(OCc3ccc(Cl)cc3)cc2)n2nc(SCc3ccccc3)nc2N1. The molecule has 2 N–H and O–H groups in total. The van der Waals surface area contributed by atoms with E-state index in [2.05, 4.69) is 22.8 Å². The van der Waals surface area contributed by atoms with Crippen LogP contribution in [0.2, 0.25) is 5.02 Å². The van der Waals surface area contributed by atoms with E-state index in [1.54, 1.807) is 11.8 Å². The van der Waals surface area contributed by atoms with Gasteiger partial charge >= 0.3 is 0 Å². The highest BCUT2D eigenvalue weighted by Crippen LogP contribution is 2.38. The molecule has 1 unspecified atom stereocenters. The Morgan fingerprint density at radius 2 is 1.68 bits per heavy atom. The number of aromatic nitrogens is 3. The fourth-order valence-electron chi connectivity index (χ4n) is 5.09. The largest absolute Gasteiger partial charge is 0.489 e. The molecule has 5 aromatic rings. The average molecular weight is 622 g/mol. The van der Waals surface area contributed by atoms with Crippen molar-refractivity contribution in [2.24, 2.45) is 0 Å². The lowest BCUT2D eigenvalue weighted by atomic mass is 9.94. The predicted octanol–water partition coefficient (Wildman–Crippen LogP) is 8.35. The summed E-state index contributed by atoms with van der Waals surface area (Å²) in [5.74, 6) is 1.85. The Bertz CT molecular complexity index is 1820. The van der Waals surface area contributed by atoms with E-state index in [-0.39, 0.29) is 5.91 Å². The summed E-state index contributed by atoms with van der Waals surface area (Å²) in [6.45, 7) is 6.37. The number of allylic oxidation sites excluding steroid dienone is 1. The van der Waals surface area contributed by atoms with Crippen LogP contribution >= 0.6 is 23.4 Å². The maximum absolute atomic E-state index is 14.0. The quantitative estimate of drug-likeness (QED) is 0.161. The molecule has 2 heterocycles. The van der Waals surface area contributed by atoms with Gasteiger partial charge < -0.3 is 15.4 Å². The van der Waals surface area contributed by atoms with Crippen molar-refractivity contribution in [3.05, 3.63) is 141 Å². The Hall–Kier alpha value is -4.53. The summed E-state index contributed by atoms with van der Waals surface area (Å²) in [5, 5.41) is 12.7. The molecule has 4 aromatic carbocycles. The molecule has 9 heteroatoms. The van der Waals surface area contributed by atoms with Gasteiger partial charge in [-0.05, 0) is 78.9 Å². The maximum atomic E-state index is 14.0. The van der Waals surface area contributed by atoms with E-state index in [0.29, 0.717) is 28.3 Å². The Balaban J connectivity index is 1.30. The molecule has 1 aromatic heterocycles. The summed E-state index contributed by atoms with van der Waals surface area (Å²) in [6.07, 6.45) is 0. The summed E-state index contributed by atoms with van der Waals surface area (Å²) in [7, 11) is 0. The smallest absolute Gasteiger partial charge is 0.255 e. The molecule has 1 aliphatic heterocycles. The molecular formula is C35H32ClN5O2S. The zero-order valence-electron chi connectivity index (χ0n) is 24.7. The lowest BCUT2D eigenvalue weighted by Crippen LogP contribution is -2.31. The van der Waals surface area contributed by atoms with Crippen LogP contribution in [-0.2, 0) is 17.2 Å². The summed E-state index contributed by atoms with van der Waals surface area (Å²) >= 11 is 7.58. The fraction of sp³-hybridized carbons (Fsp3) is 0.171. The fourth-order valence-corrected chi connectivity index (χ4v) is 6.00. The van der Waals surface area contributed by atoms with Crippen LogP contribution in [0.3, 0.4) is 0 Å². The first-order chi connectivity index (χ1) is 21.4. The van der Waals surface area contributed by atoms with Gasteiger partial charge in [-0.1, -0.05) is 90.1 Å². The van der Waals surface area contributed by atoms with Crippen molar-refractivity contribution >= 4 is 40.9 Å². The minimum Gasteiger partial charge on any atom is -0.489 e. The summed E-state index contributed by atoms with van der Waals surface area (Å²) in [5.41, 5.74) is 7.31. The van der Waals surface area contributed by atoms with Crippen LogP contribution in [0.15, 0.2) is 113 Å². The van der Waals surface area contributed by atoms with Gasteiger partial charge in [0.2, 0.25) is 11.1 Å². The van der Waals surface area contributed by atoms with Gasteiger partial charge in [0.25, 0.3) is 5.91 Å². The number of fused-ring (bicyclic) bond motifs is 1. The second-order valence-electron chi connectivity index (χ2n) is 10.7. The van der Waals surface area contributed by atoms with Gasteiger partial charge in [0.1, 0.15) is 18.4 Å². The summed E-state index contributed by atoms with van der Waals surface area (Å²) in [4.78, 5) is 18.8. The second kappa shape index (κ2) is 13.0. The third-order valence-corrected chi connectivity index (χ3v) is 8.82. The molecule has 0 fully saturated rings. The molecule has 1 aliphatic rings. The van der Waals surface area contributed by atoms with Gasteiger partial charge in [-0.25, -0.2) is 4.68 Å². The molecule has 0 radical (unpaired) electrons. The molecule has 6 rings (SSSR count). The van der Waals surface area contributed by atoms with Crippen molar-refractivity contribution in [2.45, 2.75) is 44.3 Å². The molecule has 222 valence electrons. The van der Waals surface area contributed by atoms with Crippen LogP contribution in [-0.4, -0.2) is 20.7 Å². The van der Waals surface area contributed by atoms with Crippen molar-refractivity contribution in [1.29, 1.82) is 0 Å². The topological polar surface area (TPSA) is 81.1 Å². The molecule has 1 amide bonds. The molecule has 0 bridgehead atoms. The van der Waals surface area contributed by atoms with Crippen LogP contribution in [0.1, 0.15) is 40.8 Å². The van der Waals surface area contributed by atoms with E-state index in [1.807, 2.05) is 110 Å². The number of nitrogens with one attached hydrogen (secondary N) is 2. The number of carbonyl (C=O) groups excluding carboxylic acids is 1. The summed E-state index contributed by atoms with van der Waals surface area (Å²) in [6, 6.07) is 31.0. The minimum absolute atomic E-state index is 0.198. The highest BCUT2D eigenvalue weighted by atomic mass is 35.5. The second-order valence-corrected chi connectivity index (χ2v) is 12.1. The zero-order valence-corrected chi connectivity index (χ0v) is 26.2. The first-order valence-corrected chi connectivity index (χ1v) is 15.7. The van der Waals surface area contributed by atoms with Gasteiger partial charge in [-0.2, -0.15) is 4.98 Å². The number of nitrogens with zero attached hydrogens (tertiary/aromatic N) is 3. The number of aryl methyl sites for hydroxylation is 1. The molecule has 0 saturated heterocycles. The first kappa shape index (κ1) is 29.5. The van der Waals surface area contributed by atoms with E-state index in [9.17, 15) is 4.79 Å². The lowest BCUT2D eigenvalue weighted by Gasteiger charge is -2.29. The molecule has 0 aliphatic carbocycles. The highest BCUT2D eigenvalue weighted by molar-refractivity contribution is 7.98. The Morgan fingerprint density at radius 3 is 2.43 bits per heavy atom. The normalized spacial score (nSPS) is 14.1. The van der Waals surface area contributed by atoms with Crippen molar-refractivity contribution in [3.8, 4) is 5.75 Å². The van der Waals surface area contributed by atoms with Crippen LogP contribution in [0.4, 0.5) is 11.6 Å². The Kier molecular flexibility index (Phi) is 8.72. The van der Waals surface area contributed by atoms with E-state index in [4.69, 9.17) is 26.4 Å². The number of hydrogen-bond donors (Lipinski definition) is 2. The number of ether oxygens (including phenoxy) is 1. The number of thioether (sulfide) groups is 1. The van der Waals surface area contributed by atoms with Crippen molar-refractivity contribution in [3.63, 3.8) is 0 Å². The molecule has 44 heavy (non-hydrogen) atoms. The van der Waals surface area contributed by atoms with Gasteiger partial charge in [0, 0.05) is 22.2 Å². The molecule has 0 saturated carbocycles. The van der Waals surface area contributed by atoms with E-state index in [0.717, 1.165) is 45.1 Å². The summed E-state index contributed by atoms with van der Waals surface area (Å²) < 4.78 is 7.84. The van der Waals surface area contributed by atoms with Crippen molar-refractivity contribution in [1.82, 2.24) is 14.8 Å². The van der Waals surface area contributed by atoms with Gasteiger partial charge in [-0.15, -0.1) is 5.10 Å². The standard InChI is InChI=1S/C35H32ClN5O2S/c1-22-8-7-11-30(23(22)2)38-33(42)31-24(3)37-34-39-35(44-21-26-9-5-4-6-10-26)40-41(34)32(31)27-14-18-29(19-15-27)43-20-25-12-16-28(36)17-13-25/h4-19,32H,20-21H2,1-3H3,(H,38,42)(H,37,39,40). The Morgan fingerprint density at radius 1 is 0.932 bits per heavy atom. The number of halogens is 1. The zero-order chi connectivity index (χ0) is 30.6. The van der Waals surface area contributed by atoms with Crippen molar-refractivity contribution < 1.29 is 9.53 Å². The monoisotopic (exact) mass is 621 g/mol. The van der Waals surface area contributed by atoms with Crippen molar-refractivity contribution in [2.75, 3.05) is 10.6 Å². The third-order valence-electron chi connectivity index (χ3n) is 7.66. The van der Waals surface area contributed by atoms with Crippen LogP contribution < -0.4 is 15.4 Å². The maximum Gasteiger partial charge on any atom is 0.255 e. The average Bonchev–Trinajstić information content (AvgIpc) is 3.44. The van der Waals surface area contributed by atoms with E-state index >= 15 is 0 Å². The van der Waals surface area contributed by atoms with Crippen LogP contribution in [0, 0.1) is 13.8 Å². The molecule has 1 atom stereocenters.